The van der Waals surface area contributed by atoms with Gasteiger partial charge in [-0.15, -0.1) is 11.8 Å². The van der Waals surface area contributed by atoms with Gasteiger partial charge in [-0.3, -0.25) is 0 Å². The summed E-state index contributed by atoms with van der Waals surface area (Å²) in [6, 6.07) is 16.4. The Kier molecular flexibility index (Phi) is 5.65. The molecule has 0 amide bonds. The quantitative estimate of drug-likeness (QED) is 0.857. The largest absolute Gasteiger partial charge is 0.493 e. The predicted octanol–water partition coefficient (Wildman–Crippen LogP) is 4.17. The van der Waals surface area contributed by atoms with Gasteiger partial charge in [0, 0.05) is 29.1 Å². The van der Waals surface area contributed by atoms with Crippen LogP contribution in [0.2, 0.25) is 5.02 Å². The van der Waals surface area contributed by atoms with Crippen molar-refractivity contribution in [2.75, 3.05) is 19.0 Å². The lowest BCUT2D eigenvalue weighted by Gasteiger charge is -2.10. The first-order valence-electron chi connectivity index (χ1n) is 7.58. The Morgan fingerprint density at radius 1 is 1.05 bits per heavy atom. The third kappa shape index (κ3) is 4.67. The first kappa shape index (κ1) is 15.7. The van der Waals surface area contributed by atoms with Gasteiger partial charge >= 0.3 is 0 Å². The zero-order chi connectivity index (χ0) is 15.2. The van der Waals surface area contributed by atoms with Gasteiger partial charge in [-0.25, -0.2) is 0 Å². The number of nitrogens with one attached hydrogen (secondary N) is 1. The minimum absolute atomic E-state index is 0.684. The maximum absolute atomic E-state index is 5.88. The van der Waals surface area contributed by atoms with Gasteiger partial charge in [0.2, 0.25) is 0 Å². The fourth-order valence-electron chi connectivity index (χ4n) is 2.51. The Labute approximate surface area is 141 Å². The van der Waals surface area contributed by atoms with E-state index < -0.39 is 0 Å². The summed E-state index contributed by atoms with van der Waals surface area (Å²) in [5.41, 5.74) is 2.62. The van der Waals surface area contributed by atoms with Crippen LogP contribution >= 0.6 is 23.4 Å². The van der Waals surface area contributed by atoms with Crippen LogP contribution in [0.3, 0.4) is 0 Å². The van der Waals surface area contributed by atoms with Gasteiger partial charge in [0.1, 0.15) is 5.75 Å². The van der Waals surface area contributed by atoms with E-state index in [4.69, 9.17) is 16.3 Å². The third-order valence-electron chi connectivity index (χ3n) is 3.75. The molecule has 116 valence electrons. The predicted molar refractivity (Wildman–Crippen MR) is 95.0 cm³/mol. The molecule has 1 unspecified atom stereocenters. The summed E-state index contributed by atoms with van der Waals surface area (Å²) in [5.74, 6) is 2.02. The number of rotatable bonds is 6. The van der Waals surface area contributed by atoms with Gasteiger partial charge in [0.25, 0.3) is 0 Å². The van der Waals surface area contributed by atoms with Gasteiger partial charge < -0.3 is 10.1 Å². The molecule has 1 N–H and O–H groups in total. The lowest BCUT2D eigenvalue weighted by Crippen LogP contribution is -2.14. The number of benzene rings is 2. The van der Waals surface area contributed by atoms with Crippen molar-refractivity contribution in [2.45, 2.75) is 18.1 Å². The zero-order valence-electron chi connectivity index (χ0n) is 12.4. The Hall–Kier alpha value is -1.16. The molecule has 0 bridgehead atoms. The summed E-state index contributed by atoms with van der Waals surface area (Å²) < 4.78 is 5.81. The fraction of sp³-hybridized carbons (Fsp3) is 0.333. The molecule has 2 nitrogen and oxygen atoms in total. The molecule has 1 fully saturated rings. The maximum atomic E-state index is 5.88. The molecule has 0 radical (unpaired) electrons. The van der Waals surface area contributed by atoms with Crippen LogP contribution in [-0.4, -0.2) is 24.3 Å². The molecule has 1 heterocycles. The molecule has 2 aromatic rings. The summed E-state index contributed by atoms with van der Waals surface area (Å²) >= 11 is 7.88. The van der Waals surface area contributed by atoms with E-state index in [-0.39, 0.29) is 0 Å². The van der Waals surface area contributed by atoms with Crippen LogP contribution in [0.5, 0.6) is 5.75 Å². The van der Waals surface area contributed by atoms with Crippen molar-refractivity contribution >= 4 is 23.4 Å². The molecular formula is C18H20ClNOS. The summed E-state index contributed by atoms with van der Waals surface area (Å²) in [5, 5.41) is 4.86. The average Bonchev–Trinajstić information content (AvgIpc) is 3.04. The van der Waals surface area contributed by atoms with E-state index in [0.717, 1.165) is 36.0 Å². The highest BCUT2D eigenvalue weighted by atomic mass is 35.5. The van der Waals surface area contributed by atoms with Gasteiger partial charge in [-0.05, 0) is 41.8 Å². The highest BCUT2D eigenvalue weighted by Crippen LogP contribution is 2.21. The molecule has 4 heteroatoms. The monoisotopic (exact) mass is 333 g/mol. The van der Waals surface area contributed by atoms with E-state index in [0.29, 0.717) is 11.9 Å². The van der Waals surface area contributed by atoms with E-state index >= 15 is 0 Å². The summed E-state index contributed by atoms with van der Waals surface area (Å²) in [6.07, 6.45) is 2.02. The molecule has 1 aliphatic heterocycles. The smallest absolute Gasteiger partial charge is 0.119 e. The Morgan fingerprint density at radius 2 is 1.77 bits per heavy atom. The third-order valence-corrected chi connectivity index (χ3v) is 5.18. The van der Waals surface area contributed by atoms with Gasteiger partial charge in [0.05, 0.1) is 6.61 Å². The van der Waals surface area contributed by atoms with Crippen LogP contribution in [0.4, 0.5) is 0 Å². The minimum atomic E-state index is 0.684. The molecule has 22 heavy (non-hydrogen) atoms. The van der Waals surface area contributed by atoms with Crippen molar-refractivity contribution in [2.24, 2.45) is 0 Å². The second kappa shape index (κ2) is 7.91. The van der Waals surface area contributed by atoms with E-state index in [1.54, 1.807) is 0 Å². The Bertz CT molecular complexity index is 579. The lowest BCUT2D eigenvalue weighted by molar-refractivity contribution is 0.322. The fourth-order valence-corrected chi connectivity index (χ4v) is 3.65. The van der Waals surface area contributed by atoms with E-state index in [2.05, 4.69) is 29.6 Å². The minimum Gasteiger partial charge on any atom is -0.493 e. The number of hydrogen-bond acceptors (Lipinski definition) is 3. The second-order valence-corrected chi connectivity index (χ2v) is 7.19. The molecule has 1 atom stereocenters. The first-order valence-corrected chi connectivity index (χ1v) is 9.01. The van der Waals surface area contributed by atoms with Crippen LogP contribution in [0.1, 0.15) is 11.1 Å². The first-order chi connectivity index (χ1) is 10.8. The Morgan fingerprint density at radius 3 is 2.45 bits per heavy atom. The molecule has 1 saturated heterocycles. The molecule has 0 spiro atoms. The molecule has 2 aromatic carbocycles. The van der Waals surface area contributed by atoms with Gasteiger partial charge in [0.15, 0.2) is 0 Å². The molecule has 1 aliphatic rings. The molecule has 3 rings (SSSR count). The van der Waals surface area contributed by atoms with Crippen LogP contribution in [0, 0.1) is 0 Å². The number of thioether (sulfide) groups is 1. The summed E-state index contributed by atoms with van der Waals surface area (Å²) in [4.78, 5) is 0. The molecular weight excluding hydrogens is 314 g/mol. The van der Waals surface area contributed by atoms with Crippen molar-refractivity contribution in [1.82, 2.24) is 5.32 Å². The summed E-state index contributed by atoms with van der Waals surface area (Å²) in [6.45, 7) is 1.80. The van der Waals surface area contributed by atoms with E-state index in [1.165, 1.54) is 11.1 Å². The Balaban J connectivity index is 1.45. The maximum Gasteiger partial charge on any atom is 0.119 e. The number of ether oxygens (including phenoxy) is 1. The van der Waals surface area contributed by atoms with Crippen LogP contribution in [-0.2, 0) is 12.8 Å². The number of hydrogen-bond donors (Lipinski definition) is 1. The van der Waals surface area contributed by atoms with Crippen molar-refractivity contribution in [3.05, 3.63) is 64.7 Å². The van der Waals surface area contributed by atoms with Gasteiger partial charge in [-0.2, -0.15) is 0 Å². The van der Waals surface area contributed by atoms with Crippen molar-refractivity contribution < 1.29 is 4.74 Å². The van der Waals surface area contributed by atoms with Crippen LogP contribution in [0.25, 0.3) is 0 Å². The normalized spacial score (nSPS) is 17.6. The highest BCUT2D eigenvalue weighted by Gasteiger charge is 2.15. The van der Waals surface area contributed by atoms with E-state index in [1.807, 2.05) is 36.0 Å². The highest BCUT2D eigenvalue weighted by molar-refractivity contribution is 8.00. The molecule has 0 aromatic heterocycles. The molecule has 0 aliphatic carbocycles. The van der Waals surface area contributed by atoms with Crippen molar-refractivity contribution in [1.29, 1.82) is 0 Å². The van der Waals surface area contributed by atoms with Crippen molar-refractivity contribution in [3.8, 4) is 5.75 Å². The second-order valence-electron chi connectivity index (χ2n) is 5.46. The SMILES string of the molecule is Clc1ccc(CCOc2ccc(CC3CNCS3)cc2)cc1. The van der Waals surface area contributed by atoms with Crippen LogP contribution in [0.15, 0.2) is 48.5 Å². The van der Waals surface area contributed by atoms with Gasteiger partial charge in [-0.1, -0.05) is 35.9 Å². The number of halogens is 1. The standard InChI is InChI=1S/C18H20ClNOS/c19-16-5-1-14(2-6-16)9-10-21-17-7-3-15(4-8-17)11-18-12-20-13-22-18/h1-8,18,20H,9-13H2. The topological polar surface area (TPSA) is 21.3 Å². The zero-order valence-corrected chi connectivity index (χ0v) is 14.0. The van der Waals surface area contributed by atoms with Crippen LogP contribution < -0.4 is 10.1 Å². The summed E-state index contributed by atoms with van der Waals surface area (Å²) in [7, 11) is 0. The molecule has 0 saturated carbocycles. The lowest BCUT2D eigenvalue weighted by atomic mass is 10.1. The average molecular weight is 334 g/mol. The van der Waals surface area contributed by atoms with E-state index in [9.17, 15) is 0 Å². The van der Waals surface area contributed by atoms with Crippen molar-refractivity contribution in [3.63, 3.8) is 0 Å².